The molecule has 0 spiro atoms. The molecule has 2 aliphatic heterocycles. The lowest BCUT2D eigenvalue weighted by molar-refractivity contribution is 0.294. The van der Waals surface area contributed by atoms with Gasteiger partial charge in [-0.25, -0.2) is 0 Å². The summed E-state index contributed by atoms with van der Waals surface area (Å²) in [7, 11) is 0. The van der Waals surface area contributed by atoms with Crippen LogP contribution in [-0.4, -0.2) is 26.2 Å². The zero-order chi connectivity index (χ0) is 9.80. The number of hydrogen-bond donors (Lipinski definition) is 2. The quantitative estimate of drug-likeness (QED) is 0.699. The molecule has 0 atom stereocenters. The Labute approximate surface area is 87.8 Å². The maximum atomic E-state index is 3.45. The zero-order valence-electron chi connectivity index (χ0n) is 9.31. The van der Waals surface area contributed by atoms with Crippen LogP contribution in [-0.2, 0) is 0 Å². The first-order valence-electron chi connectivity index (χ1n) is 6.12. The average molecular weight is 195 g/mol. The Bertz CT molecular complexity index is 140. The Balaban J connectivity index is 1.82. The Kier molecular flexibility index (Phi) is 3.82. The van der Waals surface area contributed by atoms with Crippen LogP contribution in [0.1, 0.15) is 32.6 Å². The molecule has 81 valence electrons. The molecule has 2 heteroatoms. The molecular weight excluding hydrogens is 172 g/mol. The van der Waals surface area contributed by atoms with Crippen LogP contribution in [0.5, 0.6) is 0 Å². The highest BCUT2D eigenvalue weighted by atomic mass is 14.9. The number of nitrogens with one attached hydrogen (secondary N) is 2. The molecule has 2 N–H and O–H groups in total. The minimum absolute atomic E-state index is 0.916. The summed E-state index contributed by atoms with van der Waals surface area (Å²) in [5, 5.41) is 6.89. The van der Waals surface area contributed by atoms with E-state index in [0.717, 1.165) is 11.8 Å². The molecule has 0 aromatic heterocycles. The topological polar surface area (TPSA) is 24.1 Å². The molecule has 0 saturated carbocycles. The minimum atomic E-state index is 0.916. The summed E-state index contributed by atoms with van der Waals surface area (Å²) in [6, 6.07) is 0. The third-order valence-corrected chi connectivity index (χ3v) is 3.97. The molecule has 2 nitrogen and oxygen atoms in total. The van der Waals surface area contributed by atoms with Crippen molar-refractivity contribution in [3.8, 4) is 0 Å². The van der Waals surface area contributed by atoms with E-state index in [-0.39, 0.29) is 0 Å². The van der Waals surface area contributed by atoms with Crippen LogP contribution in [0.15, 0.2) is 0 Å². The standard InChI is InChI=1S/C12H23N2/c1-10(11-2-6-13-7-3-11)12-4-8-14-9-5-12/h11-14H,2-9H2,1H3. The molecular formula is C12H23N2. The van der Waals surface area contributed by atoms with Crippen LogP contribution >= 0.6 is 0 Å². The largest absolute Gasteiger partial charge is 0.317 e. The first kappa shape index (κ1) is 10.4. The fraction of sp³-hybridized carbons (Fsp3) is 0.917. The Hall–Kier alpha value is -0.0800. The molecule has 1 radical (unpaired) electrons. The monoisotopic (exact) mass is 195 g/mol. The van der Waals surface area contributed by atoms with Gasteiger partial charge in [-0.15, -0.1) is 0 Å². The van der Waals surface area contributed by atoms with Gasteiger partial charge in [-0.1, -0.05) is 6.92 Å². The average Bonchev–Trinajstić information content (AvgIpc) is 2.30. The lowest BCUT2D eigenvalue weighted by Gasteiger charge is -2.35. The van der Waals surface area contributed by atoms with E-state index in [1.807, 2.05) is 0 Å². The summed E-state index contributed by atoms with van der Waals surface area (Å²) >= 11 is 0. The normalized spacial score (nSPS) is 27.0. The molecule has 2 heterocycles. The second-order valence-corrected chi connectivity index (χ2v) is 4.79. The highest BCUT2D eigenvalue weighted by Gasteiger charge is 2.28. The second-order valence-electron chi connectivity index (χ2n) is 4.79. The predicted molar refractivity (Wildman–Crippen MR) is 60.1 cm³/mol. The van der Waals surface area contributed by atoms with E-state index in [4.69, 9.17) is 0 Å². The molecule has 2 rings (SSSR count). The molecule has 0 unspecified atom stereocenters. The molecule has 14 heavy (non-hydrogen) atoms. The van der Waals surface area contributed by atoms with E-state index < -0.39 is 0 Å². The highest BCUT2D eigenvalue weighted by Crippen LogP contribution is 2.34. The van der Waals surface area contributed by atoms with Crippen LogP contribution in [0, 0.1) is 17.8 Å². The SMILES string of the molecule is C[C](C1CCNCC1)C1CCNCC1. The molecule has 0 bridgehead atoms. The van der Waals surface area contributed by atoms with Crippen molar-refractivity contribution in [1.29, 1.82) is 0 Å². The van der Waals surface area contributed by atoms with Gasteiger partial charge in [0.1, 0.15) is 0 Å². The van der Waals surface area contributed by atoms with Crippen molar-refractivity contribution in [3.05, 3.63) is 5.92 Å². The summed E-state index contributed by atoms with van der Waals surface area (Å²) in [6.45, 7) is 7.33. The third kappa shape index (κ3) is 2.48. The van der Waals surface area contributed by atoms with Gasteiger partial charge in [0.25, 0.3) is 0 Å². The van der Waals surface area contributed by atoms with E-state index >= 15 is 0 Å². The van der Waals surface area contributed by atoms with Crippen LogP contribution in [0.25, 0.3) is 0 Å². The Morgan fingerprint density at radius 2 is 1.14 bits per heavy atom. The van der Waals surface area contributed by atoms with Gasteiger partial charge in [0.2, 0.25) is 0 Å². The van der Waals surface area contributed by atoms with Gasteiger partial charge < -0.3 is 10.6 Å². The predicted octanol–water partition coefficient (Wildman–Crippen LogP) is 1.58. The van der Waals surface area contributed by atoms with Gasteiger partial charge in [0.15, 0.2) is 0 Å². The highest BCUT2D eigenvalue weighted by molar-refractivity contribution is 5.00. The van der Waals surface area contributed by atoms with Gasteiger partial charge in [-0.3, -0.25) is 0 Å². The van der Waals surface area contributed by atoms with Gasteiger partial charge >= 0.3 is 0 Å². The first-order valence-corrected chi connectivity index (χ1v) is 6.12. The van der Waals surface area contributed by atoms with Crippen molar-refractivity contribution in [2.24, 2.45) is 11.8 Å². The summed E-state index contributed by atoms with van der Waals surface area (Å²) in [6.07, 6.45) is 5.48. The first-order chi connectivity index (χ1) is 6.88. The minimum Gasteiger partial charge on any atom is -0.317 e. The number of piperidine rings is 2. The van der Waals surface area contributed by atoms with Crippen molar-refractivity contribution < 1.29 is 0 Å². The summed E-state index contributed by atoms with van der Waals surface area (Å²) < 4.78 is 0. The zero-order valence-corrected chi connectivity index (χ0v) is 9.31. The molecule has 2 saturated heterocycles. The van der Waals surface area contributed by atoms with Gasteiger partial charge in [0, 0.05) is 0 Å². The van der Waals surface area contributed by atoms with Crippen molar-refractivity contribution in [1.82, 2.24) is 10.6 Å². The maximum absolute atomic E-state index is 3.45. The van der Waals surface area contributed by atoms with Crippen molar-refractivity contribution >= 4 is 0 Å². The van der Waals surface area contributed by atoms with Crippen LogP contribution in [0.3, 0.4) is 0 Å². The Morgan fingerprint density at radius 1 is 0.786 bits per heavy atom. The maximum Gasteiger partial charge on any atom is -0.00461 e. The lowest BCUT2D eigenvalue weighted by Crippen LogP contribution is -2.36. The molecule has 0 aromatic rings. The molecule has 0 amide bonds. The van der Waals surface area contributed by atoms with Crippen LogP contribution in [0.2, 0.25) is 0 Å². The van der Waals surface area contributed by atoms with Gasteiger partial charge in [0.05, 0.1) is 0 Å². The Morgan fingerprint density at radius 3 is 1.50 bits per heavy atom. The van der Waals surface area contributed by atoms with Crippen molar-refractivity contribution in [2.45, 2.75) is 32.6 Å². The van der Waals surface area contributed by atoms with Crippen LogP contribution in [0.4, 0.5) is 0 Å². The fourth-order valence-electron chi connectivity index (χ4n) is 2.89. The van der Waals surface area contributed by atoms with E-state index in [1.54, 1.807) is 5.92 Å². The molecule has 2 aliphatic rings. The van der Waals surface area contributed by atoms with Gasteiger partial charge in [-0.2, -0.15) is 0 Å². The van der Waals surface area contributed by atoms with E-state index in [9.17, 15) is 0 Å². The second kappa shape index (κ2) is 5.13. The summed E-state index contributed by atoms with van der Waals surface area (Å²) in [4.78, 5) is 0. The van der Waals surface area contributed by atoms with Crippen molar-refractivity contribution in [2.75, 3.05) is 26.2 Å². The van der Waals surface area contributed by atoms with E-state index in [0.29, 0.717) is 0 Å². The smallest absolute Gasteiger partial charge is 0.00461 e. The molecule has 2 fully saturated rings. The summed E-state index contributed by atoms with van der Waals surface area (Å²) in [5.74, 6) is 3.63. The van der Waals surface area contributed by atoms with E-state index in [2.05, 4.69) is 17.6 Å². The number of hydrogen-bond acceptors (Lipinski definition) is 2. The number of rotatable bonds is 2. The van der Waals surface area contributed by atoms with Crippen molar-refractivity contribution in [3.63, 3.8) is 0 Å². The molecule has 0 aliphatic carbocycles. The fourth-order valence-corrected chi connectivity index (χ4v) is 2.89. The third-order valence-electron chi connectivity index (χ3n) is 3.97. The van der Waals surface area contributed by atoms with E-state index in [1.165, 1.54) is 51.9 Å². The van der Waals surface area contributed by atoms with Crippen LogP contribution < -0.4 is 10.6 Å². The van der Waals surface area contributed by atoms with Gasteiger partial charge in [-0.05, 0) is 69.6 Å². The lowest BCUT2D eigenvalue weighted by atomic mass is 9.75. The summed E-state index contributed by atoms with van der Waals surface area (Å²) in [5.41, 5.74) is 0. The molecule has 0 aromatic carbocycles.